The summed E-state index contributed by atoms with van der Waals surface area (Å²) in [5.41, 5.74) is -4.18. The van der Waals surface area contributed by atoms with E-state index >= 15 is 0 Å². The summed E-state index contributed by atoms with van der Waals surface area (Å²) in [5.74, 6) is 0.590. The van der Waals surface area contributed by atoms with Gasteiger partial charge in [0.2, 0.25) is 0 Å². The van der Waals surface area contributed by atoms with Gasteiger partial charge in [0, 0.05) is 25.4 Å². The van der Waals surface area contributed by atoms with E-state index in [9.17, 15) is 18.3 Å². The minimum Gasteiger partial charge on any atom is -0.389 e. The number of hydrogen-bond donors (Lipinski definition) is 2. The van der Waals surface area contributed by atoms with Gasteiger partial charge >= 0.3 is 5.51 Å². The number of hydrogen-bond acceptors (Lipinski definition) is 4. The van der Waals surface area contributed by atoms with E-state index in [2.05, 4.69) is 19.2 Å². The summed E-state index contributed by atoms with van der Waals surface area (Å²) < 4.78 is 40.7. The van der Waals surface area contributed by atoms with Crippen LogP contribution in [0.2, 0.25) is 0 Å². The first-order chi connectivity index (χ1) is 8.81. The van der Waals surface area contributed by atoms with Crippen molar-refractivity contribution in [3.8, 4) is 0 Å². The second-order valence-corrected chi connectivity index (χ2v) is 5.92. The average molecular weight is 303 g/mol. The van der Waals surface area contributed by atoms with Gasteiger partial charge in [-0.3, -0.25) is 0 Å². The minimum atomic E-state index is -4.18. The number of aliphatic hydroxyl groups excluding tert-OH is 1. The molecule has 0 bridgehead atoms. The Morgan fingerprint density at radius 2 is 2.00 bits per heavy atom. The summed E-state index contributed by atoms with van der Waals surface area (Å²) in [6.45, 7) is 5.57. The minimum absolute atomic E-state index is 0.0501. The molecule has 7 heteroatoms. The molecule has 0 aliphatic carbocycles. The number of ether oxygens (including phenoxy) is 1. The Morgan fingerprint density at radius 1 is 1.32 bits per heavy atom. The molecule has 0 heterocycles. The molecule has 0 saturated heterocycles. The van der Waals surface area contributed by atoms with Crippen molar-refractivity contribution in [3.05, 3.63) is 0 Å². The molecule has 1 unspecified atom stereocenters. The summed E-state index contributed by atoms with van der Waals surface area (Å²) in [6.07, 6.45) is 1.37. The molecule has 0 aliphatic heterocycles. The zero-order valence-electron chi connectivity index (χ0n) is 11.5. The maximum absolute atomic E-state index is 11.8. The number of thioether (sulfide) groups is 1. The van der Waals surface area contributed by atoms with Crippen LogP contribution in [0.25, 0.3) is 0 Å². The smallest absolute Gasteiger partial charge is 0.389 e. The molecule has 1 atom stereocenters. The highest BCUT2D eigenvalue weighted by Crippen LogP contribution is 2.29. The normalized spacial score (nSPS) is 14.1. The number of alkyl halides is 3. The molecule has 116 valence electrons. The van der Waals surface area contributed by atoms with E-state index in [1.807, 2.05) is 0 Å². The SMILES string of the molecule is CC(C)CCCOCC(O)CNCCSC(F)(F)F. The van der Waals surface area contributed by atoms with Gasteiger partial charge in [-0.25, -0.2) is 0 Å². The first kappa shape index (κ1) is 19.0. The van der Waals surface area contributed by atoms with Crippen molar-refractivity contribution < 1.29 is 23.0 Å². The van der Waals surface area contributed by atoms with Crippen LogP contribution in [0.15, 0.2) is 0 Å². The first-order valence-corrected chi connectivity index (χ1v) is 7.47. The Morgan fingerprint density at radius 3 is 2.58 bits per heavy atom. The fourth-order valence-corrected chi connectivity index (χ4v) is 1.86. The third kappa shape index (κ3) is 16.0. The van der Waals surface area contributed by atoms with Crippen molar-refractivity contribution >= 4 is 11.8 Å². The Labute approximate surface area is 117 Å². The Hall–Kier alpha value is 0.0200. The maximum atomic E-state index is 11.8. The van der Waals surface area contributed by atoms with Crippen LogP contribution in [-0.4, -0.2) is 48.8 Å². The van der Waals surface area contributed by atoms with Crippen molar-refractivity contribution in [2.24, 2.45) is 5.92 Å². The Bertz CT molecular complexity index is 216. The van der Waals surface area contributed by atoms with Crippen LogP contribution in [0.5, 0.6) is 0 Å². The van der Waals surface area contributed by atoms with E-state index in [1.165, 1.54) is 0 Å². The third-order valence-corrected chi connectivity index (χ3v) is 3.04. The molecule has 0 radical (unpaired) electrons. The van der Waals surface area contributed by atoms with E-state index in [0.717, 1.165) is 12.8 Å². The topological polar surface area (TPSA) is 41.5 Å². The van der Waals surface area contributed by atoms with Crippen LogP contribution in [0.3, 0.4) is 0 Å². The van der Waals surface area contributed by atoms with Crippen molar-refractivity contribution in [2.45, 2.75) is 38.3 Å². The molecule has 0 aliphatic rings. The third-order valence-electron chi connectivity index (χ3n) is 2.30. The summed E-state index contributed by atoms with van der Waals surface area (Å²) in [5, 5.41) is 12.3. The fourth-order valence-electron chi connectivity index (χ4n) is 1.38. The molecule has 0 aromatic heterocycles. The molecular weight excluding hydrogens is 279 g/mol. The van der Waals surface area contributed by atoms with Gasteiger partial charge in [-0.15, -0.1) is 0 Å². The van der Waals surface area contributed by atoms with Crippen LogP contribution >= 0.6 is 11.8 Å². The van der Waals surface area contributed by atoms with E-state index in [0.29, 0.717) is 12.5 Å². The number of nitrogens with one attached hydrogen (secondary N) is 1. The highest BCUT2D eigenvalue weighted by molar-refractivity contribution is 8.00. The van der Waals surface area contributed by atoms with Crippen LogP contribution in [0, 0.1) is 5.92 Å². The molecule has 0 fully saturated rings. The van der Waals surface area contributed by atoms with Crippen molar-refractivity contribution in [1.29, 1.82) is 0 Å². The first-order valence-electron chi connectivity index (χ1n) is 6.48. The van der Waals surface area contributed by atoms with E-state index in [1.54, 1.807) is 0 Å². The van der Waals surface area contributed by atoms with Gasteiger partial charge in [-0.05, 0) is 30.5 Å². The predicted molar refractivity (Wildman–Crippen MR) is 72.3 cm³/mol. The number of aliphatic hydroxyl groups is 1. The predicted octanol–water partition coefficient (Wildman–Crippen LogP) is 2.64. The Kier molecular flexibility index (Phi) is 10.8. The van der Waals surface area contributed by atoms with Gasteiger partial charge in [0.05, 0.1) is 12.7 Å². The fraction of sp³-hybridized carbons (Fsp3) is 1.00. The molecule has 0 aromatic rings. The highest BCUT2D eigenvalue weighted by Gasteiger charge is 2.27. The lowest BCUT2D eigenvalue weighted by atomic mass is 10.1. The second kappa shape index (κ2) is 10.8. The summed E-state index contributed by atoms with van der Waals surface area (Å²) in [7, 11) is 0. The standard InChI is InChI=1S/C12H24F3NO2S/c1-10(2)4-3-6-18-9-11(17)8-16-5-7-19-12(13,14)15/h10-11,16-17H,3-9H2,1-2H3. The largest absolute Gasteiger partial charge is 0.441 e. The molecule has 0 saturated carbocycles. The molecule has 0 amide bonds. The van der Waals surface area contributed by atoms with Crippen molar-refractivity contribution in [3.63, 3.8) is 0 Å². The van der Waals surface area contributed by atoms with Gasteiger partial charge in [-0.1, -0.05) is 13.8 Å². The number of rotatable bonds is 11. The van der Waals surface area contributed by atoms with Gasteiger partial charge in [0.1, 0.15) is 0 Å². The lowest BCUT2D eigenvalue weighted by molar-refractivity contribution is -0.0327. The average Bonchev–Trinajstić information content (AvgIpc) is 2.26. The molecule has 3 nitrogen and oxygen atoms in total. The summed E-state index contributed by atoms with van der Waals surface area (Å²) in [4.78, 5) is 0. The molecule has 0 spiro atoms. The van der Waals surface area contributed by atoms with Crippen molar-refractivity contribution in [2.75, 3.05) is 32.1 Å². The Balaban J connectivity index is 3.28. The molecule has 2 N–H and O–H groups in total. The summed E-state index contributed by atoms with van der Waals surface area (Å²) >= 11 is -0.0630. The molecular formula is C12H24F3NO2S. The summed E-state index contributed by atoms with van der Waals surface area (Å²) in [6, 6.07) is 0. The molecule has 19 heavy (non-hydrogen) atoms. The maximum Gasteiger partial charge on any atom is 0.441 e. The molecule has 0 aromatic carbocycles. The van der Waals surface area contributed by atoms with Gasteiger partial charge in [0.15, 0.2) is 0 Å². The van der Waals surface area contributed by atoms with Crippen LogP contribution in [0.1, 0.15) is 26.7 Å². The lowest BCUT2D eigenvalue weighted by Gasteiger charge is -2.13. The zero-order chi connectivity index (χ0) is 14.7. The number of halogens is 3. The zero-order valence-corrected chi connectivity index (χ0v) is 12.3. The lowest BCUT2D eigenvalue weighted by Crippen LogP contribution is -2.32. The second-order valence-electron chi connectivity index (χ2n) is 4.76. The van der Waals surface area contributed by atoms with Crippen molar-refractivity contribution in [1.82, 2.24) is 5.32 Å². The quantitative estimate of drug-likeness (QED) is 0.576. The van der Waals surface area contributed by atoms with Crippen LogP contribution < -0.4 is 5.32 Å². The highest BCUT2D eigenvalue weighted by atomic mass is 32.2. The van der Waals surface area contributed by atoms with Gasteiger partial charge < -0.3 is 15.2 Å². The van der Waals surface area contributed by atoms with E-state index in [-0.39, 0.29) is 37.2 Å². The van der Waals surface area contributed by atoms with Crippen LogP contribution in [0.4, 0.5) is 13.2 Å². The van der Waals surface area contributed by atoms with Gasteiger partial charge in [0.25, 0.3) is 0 Å². The van der Waals surface area contributed by atoms with E-state index in [4.69, 9.17) is 4.74 Å². The van der Waals surface area contributed by atoms with Gasteiger partial charge in [-0.2, -0.15) is 13.2 Å². The van der Waals surface area contributed by atoms with E-state index < -0.39 is 11.6 Å². The molecule has 0 rings (SSSR count). The van der Waals surface area contributed by atoms with Crippen LogP contribution in [-0.2, 0) is 4.74 Å². The monoisotopic (exact) mass is 303 g/mol.